The highest BCUT2D eigenvalue weighted by atomic mass is 32.2. The van der Waals surface area contributed by atoms with Crippen molar-refractivity contribution in [2.45, 2.75) is 30.7 Å². The van der Waals surface area contributed by atoms with Crippen molar-refractivity contribution in [2.75, 3.05) is 24.4 Å². The van der Waals surface area contributed by atoms with E-state index >= 15 is 0 Å². The summed E-state index contributed by atoms with van der Waals surface area (Å²) in [7, 11) is -2.25. The largest absolute Gasteiger partial charge is 0.334 e. The average Bonchev–Trinajstić information content (AvgIpc) is 3.16. The lowest BCUT2D eigenvalue weighted by Gasteiger charge is -2.24. The van der Waals surface area contributed by atoms with Crippen LogP contribution in [0.2, 0.25) is 0 Å². The van der Waals surface area contributed by atoms with Gasteiger partial charge in [0, 0.05) is 31.7 Å². The van der Waals surface area contributed by atoms with Crippen molar-refractivity contribution in [1.82, 2.24) is 4.90 Å². The molecule has 144 valence electrons. The third kappa shape index (κ3) is 3.84. The Hall–Kier alpha value is -2.38. The van der Waals surface area contributed by atoms with Crippen LogP contribution in [0.4, 0.5) is 5.69 Å². The molecule has 0 aliphatic carbocycles. The first kappa shape index (κ1) is 19.4. The number of anilines is 1. The number of carbonyl (C=O) groups excluding carboxylic acids is 1. The van der Waals surface area contributed by atoms with Crippen LogP contribution < -0.4 is 10.0 Å². The first-order valence-corrected chi connectivity index (χ1v) is 10.5. The van der Waals surface area contributed by atoms with E-state index in [1.807, 2.05) is 19.1 Å². The molecule has 0 saturated carbocycles. The third-order valence-electron chi connectivity index (χ3n) is 5.05. The summed E-state index contributed by atoms with van der Waals surface area (Å²) in [6, 6.07) is 13.5. The molecule has 0 aromatic heterocycles. The van der Waals surface area contributed by atoms with E-state index in [9.17, 15) is 13.2 Å². The number of hydrogen-bond donors (Lipinski definition) is 1. The van der Waals surface area contributed by atoms with Gasteiger partial charge in [0.1, 0.15) is 0 Å². The fourth-order valence-corrected chi connectivity index (χ4v) is 4.60. The Morgan fingerprint density at radius 3 is 2.59 bits per heavy atom. The smallest absolute Gasteiger partial charge is 0.264 e. The van der Waals surface area contributed by atoms with Gasteiger partial charge in [0.25, 0.3) is 15.9 Å². The highest BCUT2D eigenvalue weighted by Crippen LogP contribution is 2.25. The Morgan fingerprint density at radius 1 is 1.22 bits per heavy atom. The molecule has 0 radical (unpaired) electrons. The van der Waals surface area contributed by atoms with Crippen molar-refractivity contribution in [2.24, 2.45) is 5.73 Å². The molecule has 2 aromatic rings. The molecule has 1 aliphatic heterocycles. The molecule has 6 nitrogen and oxygen atoms in total. The van der Waals surface area contributed by atoms with Gasteiger partial charge < -0.3 is 10.6 Å². The van der Waals surface area contributed by atoms with Crippen LogP contribution in [0.15, 0.2) is 53.4 Å². The van der Waals surface area contributed by atoms with Crippen LogP contribution in [0.1, 0.15) is 28.8 Å². The summed E-state index contributed by atoms with van der Waals surface area (Å²) in [6.45, 7) is 3.02. The summed E-state index contributed by atoms with van der Waals surface area (Å²) in [5.74, 6) is -0.169. The van der Waals surface area contributed by atoms with E-state index in [0.29, 0.717) is 24.3 Å². The summed E-state index contributed by atoms with van der Waals surface area (Å²) in [4.78, 5) is 14.7. The van der Waals surface area contributed by atoms with Gasteiger partial charge in [0.2, 0.25) is 0 Å². The van der Waals surface area contributed by atoms with Gasteiger partial charge in [-0.3, -0.25) is 9.10 Å². The van der Waals surface area contributed by atoms with Gasteiger partial charge in [0.15, 0.2) is 0 Å². The minimum Gasteiger partial charge on any atom is -0.334 e. The zero-order valence-electron chi connectivity index (χ0n) is 15.6. The molecule has 1 fully saturated rings. The maximum absolute atomic E-state index is 13.0. The number of amides is 1. The summed E-state index contributed by atoms with van der Waals surface area (Å²) < 4.78 is 27.3. The second-order valence-corrected chi connectivity index (χ2v) is 8.84. The molecular weight excluding hydrogens is 362 g/mol. The number of rotatable bonds is 5. The van der Waals surface area contributed by atoms with Crippen LogP contribution in [-0.4, -0.2) is 45.4 Å². The number of hydrogen-bond acceptors (Lipinski definition) is 4. The topological polar surface area (TPSA) is 83.7 Å². The van der Waals surface area contributed by atoms with Gasteiger partial charge in [-0.05, 0) is 50.1 Å². The van der Waals surface area contributed by atoms with E-state index in [1.54, 1.807) is 29.2 Å². The van der Waals surface area contributed by atoms with Gasteiger partial charge in [-0.1, -0.05) is 23.8 Å². The number of aryl methyl sites for hydroxylation is 1. The van der Waals surface area contributed by atoms with Crippen molar-refractivity contribution in [1.29, 1.82) is 0 Å². The fourth-order valence-electron chi connectivity index (χ4n) is 3.36. The first-order valence-electron chi connectivity index (χ1n) is 9.01. The molecule has 1 unspecified atom stereocenters. The third-order valence-corrected chi connectivity index (χ3v) is 6.83. The van der Waals surface area contributed by atoms with Crippen molar-refractivity contribution < 1.29 is 13.2 Å². The molecule has 1 amide bonds. The van der Waals surface area contributed by atoms with E-state index < -0.39 is 10.0 Å². The molecule has 1 aliphatic rings. The monoisotopic (exact) mass is 387 g/mol. The van der Waals surface area contributed by atoms with Gasteiger partial charge in [-0.25, -0.2) is 8.42 Å². The predicted molar refractivity (Wildman–Crippen MR) is 106 cm³/mol. The molecule has 7 heteroatoms. The number of nitrogens with zero attached hydrogens (tertiary/aromatic N) is 2. The van der Waals surface area contributed by atoms with E-state index in [0.717, 1.165) is 18.4 Å². The average molecular weight is 388 g/mol. The molecule has 1 heterocycles. The van der Waals surface area contributed by atoms with Crippen molar-refractivity contribution in [3.8, 4) is 0 Å². The highest BCUT2D eigenvalue weighted by molar-refractivity contribution is 7.92. The SMILES string of the molecule is Cc1ccc(N(C)S(=O)(=O)c2cccc(C(=O)N3CCCC3CN)c2)cc1. The zero-order valence-corrected chi connectivity index (χ0v) is 16.4. The highest BCUT2D eigenvalue weighted by Gasteiger charge is 2.29. The molecule has 2 N–H and O–H groups in total. The van der Waals surface area contributed by atoms with Crippen LogP contribution in [0.25, 0.3) is 0 Å². The summed E-state index contributed by atoms with van der Waals surface area (Å²) in [5, 5.41) is 0. The zero-order chi connectivity index (χ0) is 19.6. The van der Waals surface area contributed by atoms with Crippen LogP contribution in [-0.2, 0) is 10.0 Å². The molecule has 0 bridgehead atoms. The predicted octanol–water partition coefficient (Wildman–Crippen LogP) is 2.38. The van der Waals surface area contributed by atoms with Crippen molar-refractivity contribution in [3.63, 3.8) is 0 Å². The van der Waals surface area contributed by atoms with Gasteiger partial charge in [0.05, 0.1) is 10.6 Å². The Kier molecular flexibility index (Phi) is 5.53. The van der Waals surface area contributed by atoms with Gasteiger partial charge in [-0.15, -0.1) is 0 Å². The van der Waals surface area contributed by atoms with E-state index in [-0.39, 0.29) is 16.8 Å². The summed E-state index contributed by atoms with van der Waals surface area (Å²) in [6.07, 6.45) is 1.80. The Balaban J connectivity index is 1.90. The van der Waals surface area contributed by atoms with Crippen molar-refractivity contribution in [3.05, 3.63) is 59.7 Å². The number of benzene rings is 2. The van der Waals surface area contributed by atoms with E-state index in [2.05, 4.69) is 0 Å². The molecule has 2 aromatic carbocycles. The van der Waals surface area contributed by atoms with Crippen LogP contribution in [0.3, 0.4) is 0 Å². The van der Waals surface area contributed by atoms with Crippen LogP contribution in [0, 0.1) is 6.92 Å². The lowest BCUT2D eigenvalue weighted by Crippen LogP contribution is -2.40. The van der Waals surface area contributed by atoms with Crippen LogP contribution in [0.5, 0.6) is 0 Å². The fraction of sp³-hybridized carbons (Fsp3) is 0.350. The molecule has 1 atom stereocenters. The second kappa shape index (κ2) is 7.70. The van der Waals surface area contributed by atoms with E-state index in [4.69, 9.17) is 5.73 Å². The molecule has 27 heavy (non-hydrogen) atoms. The standard InChI is InChI=1S/C20H25N3O3S/c1-15-8-10-17(11-9-15)22(2)27(25,26)19-7-3-5-16(13-19)20(24)23-12-4-6-18(23)14-21/h3,5,7-11,13,18H,4,6,12,14,21H2,1-2H3. The summed E-state index contributed by atoms with van der Waals surface area (Å²) in [5.41, 5.74) is 7.75. The normalized spacial score (nSPS) is 17.1. The Morgan fingerprint density at radius 2 is 1.93 bits per heavy atom. The maximum Gasteiger partial charge on any atom is 0.264 e. The Labute approximate surface area is 160 Å². The maximum atomic E-state index is 13.0. The number of sulfonamides is 1. The quantitative estimate of drug-likeness (QED) is 0.854. The lowest BCUT2D eigenvalue weighted by atomic mass is 10.1. The molecule has 3 rings (SSSR count). The first-order chi connectivity index (χ1) is 12.8. The molecule has 1 saturated heterocycles. The van der Waals surface area contributed by atoms with Gasteiger partial charge in [-0.2, -0.15) is 0 Å². The number of nitrogens with two attached hydrogens (primary N) is 1. The minimum absolute atomic E-state index is 0.0213. The number of carbonyl (C=O) groups is 1. The van der Waals surface area contributed by atoms with E-state index in [1.165, 1.54) is 23.5 Å². The van der Waals surface area contributed by atoms with Gasteiger partial charge >= 0.3 is 0 Å². The lowest BCUT2D eigenvalue weighted by molar-refractivity contribution is 0.0741. The minimum atomic E-state index is -3.77. The molecular formula is C20H25N3O3S. The second-order valence-electron chi connectivity index (χ2n) is 6.87. The molecule has 0 spiro atoms. The number of likely N-dealkylation sites (tertiary alicyclic amines) is 1. The van der Waals surface area contributed by atoms with Crippen LogP contribution >= 0.6 is 0 Å². The van der Waals surface area contributed by atoms with Crippen molar-refractivity contribution >= 4 is 21.6 Å². The summed E-state index contributed by atoms with van der Waals surface area (Å²) >= 11 is 0. The Bertz CT molecular complexity index is 926.